The van der Waals surface area contributed by atoms with E-state index in [1.807, 2.05) is 12.1 Å². The molecule has 1 aromatic carbocycles. The number of benzene rings is 1. The Balaban J connectivity index is 3.33. The molecule has 0 radical (unpaired) electrons. The Hall–Kier alpha value is -1.42. The summed E-state index contributed by atoms with van der Waals surface area (Å²) < 4.78 is 16.1. The van der Waals surface area contributed by atoms with Crippen molar-refractivity contribution in [2.45, 2.75) is 13.3 Å². The van der Waals surface area contributed by atoms with Crippen molar-refractivity contribution in [3.63, 3.8) is 0 Å². The Morgan fingerprint density at radius 1 is 1.18 bits per heavy atom. The van der Waals surface area contributed by atoms with Crippen molar-refractivity contribution in [1.29, 1.82) is 0 Å². The van der Waals surface area contributed by atoms with Gasteiger partial charge >= 0.3 is 0 Å². The Morgan fingerprint density at radius 2 is 1.82 bits per heavy atom. The molecule has 4 heteroatoms. The molecule has 3 nitrogen and oxygen atoms in total. The van der Waals surface area contributed by atoms with Gasteiger partial charge in [-0.2, -0.15) is 0 Å². The maximum atomic E-state index is 5.45. The van der Waals surface area contributed by atoms with E-state index in [1.54, 1.807) is 21.3 Å². The zero-order valence-corrected chi connectivity index (χ0v) is 13.2. The molecule has 0 heterocycles. The lowest BCUT2D eigenvalue weighted by molar-refractivity contribution is 0.324. The van der Waals surface area contributed by atoms with Crippen LogP contribution in [0.1, 0.15) is 18.1 Å². The van der Waals surface area contributed by atoms with Crippen molar-refractivity contribution < 1.29 is 14.2 Å². The fourth-order valence-electron chi connectivity index (χ4n) is 1.72. The molecule has 0 spiro atoms. The Kier molecular flexibility index (Phi) is 5.09. The van der Waals surface area contributed by atoms with Crippen molar-refractivity contribution >= 4 is 16.3 Å². The fraction of sp³-hybridized carbons (Fsp3) is 0.385. The Bertz CT molecular complexity index is 413. The van der Waals surface area contributed by atoms with Gasteiger partial charge in [-0.05, 0) is 18.1 Å². The minimum atomic E-state index is 0.775. The summed E-state index contributed by atoms with van der Waals surface area (Å²) in [6.45, 7) is 2.10. The SMILES string of the molecule is CCc1ccc(C=C([SiH3])OC)c(OC)c1OC. The van der Waals surface area contributed by atoms with E-state index in [9.17, 15) is 0 Å². The second-order valence-corrected chi connectivity index (χ2v) is 4.68. The maximum absolute atomic E-state index is 5.45. The quantitative estimate of drug-likeness (QED) is 0.588. The molecule has 1 aromatic rings. The van der Waals surface area contributed by atoms with Gasteiger partial charge in [0.15, 0.2) is 11.5 Å². The summed E-state index contributed by atoms with van der Waals surface area (Å²) in [6.07, 6.45) is 2.91. The summed E-state index contributed by atoms with van der Waals surface area (Å²) in [5.74, 6) is 1.59. The molecule has 94 valence electrons. The van der Waals surface area contributed by atoms with Gasteiger partial charge < -0.3 is 14.2 Å². The van der Waals surface area contributed by atoms with Gasteiger partial charge in [0.05, 0.1) is 37.0 Å². The lowest BCUT2D eigenvalue weighted by Crippen LogP contribution is -1.98. The van der Waals surface area contributed by atoms with E-state index in [-0.39, 0.29) is 0 Å². The molecule has 0 unspecified atom stereocenters. The average Bonchev–Trinajstić information content (AvgIpc) is 2.37. The molecule has 0 N–H and O–H groups in total. The van der Waals surface area contributed by atoms with Crippen LogP contribution in [-0.4, -0.2) is 31.6 Å². The molecule has 0 fully saturated rings. The molecule has 0 amide bonds. The first kappa shape index (κ1) is 13.6. The highest BCUT2D eigenvalue weighted by atomic mass is 28.1. The van der Waals surface area contributed by atoms with E-state index < -0.39 is 0 Å². The lowest BCUT2D eigenvalue weighted by Gasteiger charge is -2.14. The third kappa shape index (κ3) is 3.03. The van der Waals surface area contributed by atoms with Crippen molar-refractivity contribution in [1.82, 2.24) is 0 Å². The zero-order valence-electron chi connectivity index (χ0n) is 11.2. The van der Waals surface area contributed by atoms with Gasteiger partial charge in [0.25, 0.3) is 0 Å². The number of hydrogen-bond donors (Lipinski definition) is 0. The summed E-state index contributed by atoms with van der Waals surface area (Å²) in [5, 5.41) is 0.967. The normalized spacial score (nSPS) is 11.4. The molecule has 0 saturated heterocycles. The van der Waals surface area contributed by atoms with Crippen LogP contribution in [0, 0.1) is 0 Å². The lowest BCUT2D eigenvalue weighted by atomic mass is 10.1. The Labute approximate surface area is 106 Å². The molecule has 0 bridgehead atoms. The number of rotatable bonds is 5. The van der Waals surface area contributed by atoms with Gasteiger partial charge in [0.2, 0.25) is 0 Å². The topological polar surface area (TPSA) is 27.7 Å². The summed E-state index contributed by atoms with van der Waals surface area (Å²) in [7, 11) is 5.88. The van der Waals surface area contributed by atoms with Gasteiger partial charge in [-0.15, -0.1) is 0 Å². The predicted octanol–water partition coefficient (Wildman–Crippen LogP) is 1.58. The van der Waals surface area contributed by atoms with Crippen molar-refractivity contribution in [3.05, 3.63) is 28.6 Å². The zero-order chi connectivity index (χ0) is 12.8. The molecule has 0 aliphatic carbocycles. The van der Waals surface area contributed by atoms with E-state index in [4.69, 9.17) is 14.2 Å². The predicted molar refractivity (Wildman–Crippen MR) is 73.8 cm³/mol. The summed E-state index contributed by atoms with van der Waals surface area (Å²) >= 11 is 0. The number of hydrogen-bond acceptors (Lipinski definition) is 3. The fourth-order valence-corrected chi connectivity index (χ4v) is 2.03. The third-order valence-corrected chi connectivity index (χ3v) is 3.39. The average molecular weight is 252 g/mol. The summed E-state index contributed by atoms with van der Waals surface area (Å²) in [5.41, 5.74) is 2.14. The van der Waals surface area contributed by atoms with Gasteiger partial charge in [0, 0.05) is 5.56 Å². The smallest absolute Gasteiger partial charge is 0.168 e. The van der Waals surface area contributed by atoms with E-state index >= 15 is 0 Å². The maximum Gasteiger partial charge on any atom is 0.168 e. The highest BCUT2D eigenvalue weighted by molar-refractivity contribution is 6.22. The molecule has 0 atom stereocenters. The minimum absolute atomic E-state index is 0.775. The molecule has 0 aliphatic heterocycles. The van der Waals surface area contributed by atoms with Gasteiger partial charge in [-0.25, -0.2) is 0 Å². The van der Waals surface area contributed by atoms with Crippen LogP contribution in [0.3, 0.4) is 0 Å². The van der Waals surface area contributed by atoms with Crippen LogP contribution in [-0.2, 0) is 11.2 Å². The van der Waals surface area contributed by atoms with Gasteiger partial charge in [-0.3, -0.25) is 0 Å². The summed E-state index contributed by atoms with van der Waals surface area (Å²) in [6, 6.07) is 4.11. The highest BCUT2D eigenvalue weighted by Gasteiger charge is 2.12. The van der Waals surface area contributed by atoms with E-state index in [1.165, 1.54) is 0 Å². The van der Waals surface area contributed by atoms with E-state index in [0.29, 0.717) is 0 Å². The molecular weight excluding hydrogens is 232 g/mol. The standard InChI is InChI=1S/C13H20O3Si/c1-5-9-6-7-10(8-11(17)14-2)13(16-4)12(9)15-3/h6-8H,5H2,1-4,17H3. The molecule has 17 heavy (non-hydrogen) atoms. The van der Waals surface area contributed by atoms with Crippen molar-refractivity contribution in [2.24, 2.45) is 0 Å². The van der Waals surface area contributed by atoms with Crippen molar-refractivity contribution in [2.75, 3.05) is 21.3 Å². The third-order valence-electron chi connectivity index (χ3n) is 2.69. The van der Waals surface area contributed by atoms with Crippen LogP contribution in [0.2, 0.25) is 0 Å². The molecular formula is C13H20O3Si. The summed E-state index contributed by atoms with van der Waals surface area (Å²) in [4.78, 5) is 0. The van der Waals surface area contributed by atoms with Crippen LogP contribution >= 0.6 is 0 Å². The second-order valence-electron chi connectivity index (χ2n) is 3.69. The van der Waals surface area contributed by atoms with Crippen LogP contribution in [0.4, 0.5) is 0 Å². The van der Waals surface area contributed by atoms with Gasteiger partial charge in [-0.1, -0.05) is 19.1 Å². The first-order chi connectivity index (χ1) is 8.17. The first-order valence-electron chi connectivity index (χ1n) is 5.64. The van der Waals surface area contributed by atoms with Gasteiger partial charge in [0.1, 0.15) is 0 Å². The van der Waals surface area contributed by atoms with E-state index in [2.05, 4.69) is 13.0 Å². The molecule has 1 rings (SSSR count). The van der Waals surface area contributed by atoms with Crippen LogP contribution in [0.15, 0.2) is 17.5 Å². The molecule has 0 saturated carbocycles. The second kappa shape index (κ2) is 6.35. The number of methoxy groups -OCH3 is 3. The van der Waals surface area contributed by atoms with E-state index in [0.717, 1.165) is 44.7 Å². The highest BCUT2D eigenvalue weighted by Crippen LogP contribution is 2.36. The van der Waals surface area contributed by atoms with Crippen LogP contribution < -0.4 is 9.47 Å². The molecule has 0 aliphatic rings. The van der Waals surface area contributed by atoms with Crippen molar-refractivity contribution in [3.8, 4) is 11.5 Å². The Morgan fingerprint density at radius 3 is 2.29 bits per heavy atom. The largest absolute Gasteiger partial charge is 0.507 e. The van der Waals surface area contributed by atoms with Crippen LogP contribution in [0.25, 0.3) is 6.08 Å². The number of ether oxygens (including phenoxy) is 3. The first-order valence-corrected chi connectivity index (χ1v) is 6.64. The van der Waals surface area contributed by atoms with Crippen LogP contribution in [0.5, 0.6) is 11.5 Å². The number of aryl methyl sites for hydroxylation is 1. The molecule has 0 aromatic heterocycles. The monoisotopic (exact) mass is 252 g/mol. The minimum Gasteiger partial charge on any atom is -0.507 e.